The number of aromatic nitrogens is 4. The van der Waals surface area contributed by atoms with E-state index in [9.17, 15) is 0 Å². The number of nitrogens with zero attached hydrogens (tertiary/aromatic N) is 5. The maximum Gasteiger partial charge on any atom is 0.150 e. The van der Waals surface area contributed by atoms with Crippen molar-refractivity contribution in [3.05, 3.63) is 78.9 Å². The molecule has 36 heavy (non-hydrogen) atoms. The SMILES string of the molecule is CN(C)C1CCC(C)(c2nc(-c3ccc4ccc(-c5ccccc5)nc4c3)c3c(N)nccn23)CC1. The Kier molecular flexibility index (Phi) is 5.49. The van der Waals surface area contributed by atoms with Crippen molar-refractivity contribution < 1.29 is 0 Å². The van der Waals surface area contributed by atoms with Gasteiger partial charge in [0.1, 0.15) is 22.9 Å². The highest BCUT2D eigenvalue weighted by Crippen LogP contribution is 2.42. The van der Waals surface area contributed by atoms with Crippen molar-refractivity contribution in [2.75, 3.05) is 19.8 Å². The first kappa shape index (κ1) is 22.7. The van der Waals surface area contributed by atoms with E-state index in [1.165, 1.54) is 0 Å². The molecule has 0 spiro atoms. The lowest BCUT2D eigenvalue weighted by atomic mass is 9.73. The Morgan fingerprint density at radius 1 is 0.944 bits per heavy atom. The molecule has 5 aromatic rings. The van der Waals surface area contributed by atoms with Crippen molar-refractivity contribution >= 4 is 22.2 Å². The van der Waals surface area contributed by atoms with Crippen molar-refractivity contribution in [2.45, 2.75) is 44.1 Å². The zero-order valence-corrected chi connectivity index (χ0v) is 21.1. The van der Waals surface area contributed by atoms with Crippen LogP contribution in [0.3, 0.4) is 0 Å². The lowest BCUT2D eigenvalue weighted by molar-refractivity contribution is 0.175. The molecule has 1 aliphatic rings. The number of pyridine rings is 1. The van der Waals surface area contributed by atoms with E-state index < -0.39 is 0 Å². The minimum absolute atomic E-state index is 0.0168. The van der Waals surface area contributed by atoms with E-state index in [1.54, 1.807) is 6.20 Å². The first-order valence-electron chi connectivity index (χ1n) is 12.7. The summed E-state index contributed by atoms with van der Waals surface area (Å²) in [6.07, 6.45) is 8.30. The van der Waals surface area contributed by atoms with Crippen LogP contribution in [0, 0.1) is 0 Å². The first-order valence-corrected chi connectivity index (χ1v) is 12.7. The summed E-state index contributed by atoms with van der Waals surface area (Å²) >= 11 is 0. The summed E-state index contributed by atoms with van der Waals surface area (Å²) in [6.45, 7) is 2.35. The van der Waals surface area contributed by atoms with Crippen molar-refractivity contribution in [1.82, 2.24) is 24.3 Å². The van der Waals surface area contributed by atoms with Gasteiger partial charge in [-0.1, -0.05) is 55.5 Å². The Morgan fingerprint density at radius 3 is 2.44 bits per heavy atom. The number of imidazole rings is 1. The van der Waals surface area contributed by atoms with E-state index in [1.807, 2.05) is 24.4 Å². The summed E-state index contributed by atoms with van der Waals surface area (Å²) in [4.78, 5) is 17.0. The quantitative estimate of drug-likeness (QED) is 0.347. The number of nitrogen functional groups attached to an aromatic ring is 1. The van der Waals surface area contributed by atoms with E-state index >= 15 is 0 Å². The summed E-state index contributed by atoms with van der Waals surface area (Å²) in [5.41, 5.74) is 12.2. The Labute approximate surface area is 211 Å². The molecule has 1 saturated carbocycles. The predicted molar refractivity (Wildman–Crippen MR) is 147 cm³/mol. The fourth-order valence-corrected chi connectivity index (χ4v) is 5.70. The number of fused-ring (bicyclic) bond motifs is 2. The van der Waals surface area contributed by atoms with Gasteiger partial charge in [0.2, 0.25) is 0 Å². The van der Waals surface area contributed by atoms with Gasteiger partial charge in [-0.3, -0.25) is 4.40 Å². The molecular weight excluding hydrogens is 444 g/mol. The van der Waals surface area contributed by atoms with Gasteiger partial charge in [0.15, 0.2) is 0 Å². The van der Waals surface area contributed by atoms with Crippen LogP contribution in [-0.4, -0.2) is 44.4 Å². The molecule has 0 aliphatic heterocycles. The summed E-state index contributed by atoms with van der Waals surface area (Å²) in [5.74, 6) is 1.58. The molecule has 0 unspecified atom stereocenters. The zero-order chi connectivity index (χ0) is 24.9. The minimum Gasteiger partial charge on any atom is -0.382 e. The molecule has 182 valence electrons. The van der Waals surface area contributed by atoms with Crippen molar-refractivity contribution in [3.8, 4) is 22.5 Å². The lowest BCUT2D eigenvalue weighted by Gasteiger charge is -2.38. The van der Waals surface area contributed by atoms with Crippen LogP contribution in [0.4, 0.5) is 5.82 Å². The molecule has 6 nitrogen and oxygen atoms in total. The first-order chi connectivity index (χ1) is 17.4. The third-order valence-electron chi connectivity index (χ3n) is 7.95. The van der Waals surface area contributed by atoms with E-state index in [-0.39, 0.29) is 5.41 Å². The van der Waals surface area contributed by atoms with Gasteiger partial charge >= 0.3 is 0 Å². The van der Waals surface area contributed by atoms with Crippen LogP contribution < -0.4 is 5.73 Å². The molecule has 2 N–H and O–H groups in total. The van der Waals surface area contributed by atoms with Crippen LogP contribution in [0.25, 0.3) is 38.9 Å². The van der Waals surface area contributed by atoms with Gasteiger partial charge in [-0.25, -0.2) is 15.0 Å². The summed E-state index contributed by atoms with van der Waals surface area (Å²) in [6, 6.07) is 21.5. The number of benzene rings is 2. The Morgan fingerprint density at radius 2 is 1.69 bits per heavy atom. The van der Waals surface area contributed by atoms with Gasteiger partial charge in [0, 0.05) is 40.4 Å². The van der Waals surface area contributed by atoms with Gasteiger partial charge < -0.3 is 10.6 Å². The Bertz CT molecular complexity index is 1540. The van der Waals surface area contributed by atoms with E-state index in [0.29, 0.717) is 11.9 Å². The average molecular weight is 477 g/mol. The van der Waals surface area contributed by atoms with E-state index in [0.717, 1.165) is 70.4 Å². The molecule has 0 bridgehead atoms. The largest absolute Gasteiger partial charge is 0.382 e. The van der Waals surface area contributed by atoms with Crippen LogP contribution in [0.2, 0.25) is 0 Å². The molecule has 0 radical (unpaired) electrons. The fourth-order valence-electron chi connectivity index (χ4n) is 5.70. The molecular formula is C30H32N6. The van der Waals surface area contributed by atoms with Crippen LogP contribution in [0.5, 0.6) is 0 Å². The monoisotopic (exact) mass is 476 g/mol. The van der Waals surface area contributed by atoms with Crippen LogP contribution in [-0.2, 0) is 5.41 Å². The Hall–Kier alpha value is -3.77. The molecule has 0 saturated heterocycles. The lowest BCUT2D eigenvalue weighted by Crippen LogP contribution is -2.38. The topological polar surface area (TPSA) is 72.3 Å². The van der Waals surface area contributed by atoms with Gasteiger partial charge in [0.05, 0.1) is 11.2 Å². The molecule has 1 fully saturated rings. The third kappa shape index (κ3) is 3.82. The molecule has 6 rings (SSSR count). The van der Waals surface area contributed by atoms with Gasteiger partial charge in [-0.2, -0.15) is 0 Å². The highest BCUT2D eigenvalue weighted by Gasteiger charge is 2.37. The average Bonchev–Trinajstić information content (AvgIpc) is 3.31. The molecule has 1 aliphatic carbocycles. The maximum absolute atomic E-state index is 6.46. The molecule has 2 aromatic carbocycles. The molecule has 0 atom stereocenters. The highest BCUT2D eigenvalue weighted by atomic mass is 15.1. The number of nitrogens with two attached hydrogens (primary N) is 1. The number of rotatable bonds is 4. The van der Waals surface area contributed by atoms with E-state index in [2.05, 4.69) is 77.8 Å². The van der Waals surface area contributed by atoms with Crippen molar-refractivity contribution in [1.29, 1.82) is 0 Å². The summed E-state index contributed by atoms with van der Waals surface area (Å²) in [7, 11) is 4.36. The second-order valence-electron chi connectivity index (χ2n) is 10.5. The standard InChI is InChI=1S/C30H32N6/c1-30(15-13-23(14-16-30)35(2)3)29-34-26(27-28(31)32-17-18-36(27)29)22-10-9-21-11-12-24(33-25(21)19-22)20-7-5-4-6-8-20/h4-12,17-19,23H,13-16H2,1-3H3,(H2,31,32). The predicted octanol–water partition coefficient (Wildman–Crippen LogP) is 5.96. The fraction of sp³-hybridized carbons (Fsp3) is 0.300. The third-order valence-corrected chi connectivity index (χ3v) is 7.95. The van der Waals surface area contributed by atoms with E-state index in [4.69, 9.17) is 15.7 Å². The maximum atomic E-state index is 6.46. The number of hydrogen-bond donors (Lipinski definition) is 1. The normalized spacial score (nSPS) is 20.4. The van der Waals surface area contributed by atoms with Gasteiger partial charge in [0.25, 0.3) is 0 Å². The zero-order valence-electron chi connectivity index (χ0n) is 21.1. The van der Waals surface area contributed by atoms with Gasteiger partial charge in [-0.15, -0.1) is 0 Å². The summed E-state index contributed by atoms with van der Waals surface area (Å²) < 4.78 is 2.17. The number of anilines is 1. The summed E-state index contributed by atoms with van der Waals surface area (Å²) in [5, 5.41) is 1.10. The van der Waals surface area contributed by atoms with Gasteiger partial charge in [-0.05, 0) is 51.9 Å². The van der Waals surface area contributed by atoms with Crippen LogP contribution in [0.15, 0.2) is 73.1 Å². The van der Waals surface area contributed by atoms with Crippen LogP contribution >= 0.6 is 0 Å². The second-order valence-corrected chi connectivity index (χ2v) is 10.5. The Balaban J connectivity index is 1.47. The highest BCUT2D eigenvalue weighted by molar-refractivity contribution is 5.91. The van der Waals surface area contributed by atoms with Crippen LogP contribution in [0.1, 0.15) is 38.4 Å². The number of hydrogen-bond acceptors (Lipinski definition) is 5. The minimum atomic E-state index is -0.0168. The van der Waals surface area contributed by atoms with Crippen molar-refractivity contribution in [2.24, 2.45) is 0 Å². The molecule has 3 heterocycles. The smallest absolute Gasteiger partial charge is 0.150 e. The molecule has 0 amide bonds. The molecule has 3 aromatic heterocycles. The molecule has 6 heteroatoms. The second kappa shape index (κ2) is 8.71. The van der Waals surface area contributed by atoms with Crippen molar-refractivity contribution in [3.63, 3.8) is 0 Å².